The van der Waals surface area contributed by atoms with Gasteiger partial charge in [0.25, 0.3) is 0 Å². The van der Waals surface area contributed by atoms with Crippen molar-refractivity contribution in [1.29, 1.82) is 5.26 Å². The number of hydrogen-bond acceptors (Lipinski definition) is 32. The molecule has 0 atom stereocenters. The summed E-state index contributed by atoms with van der Waals surface area (Å²) in [7, 11) is -9.01. The number of nitrogens with zero attached hydrogens (tertiary/aromatic N) is 12. The summed E-state index contributed by atoms with van der Waals surface area (Å²) in [6.45, 7) is 26.3. The molecule has 12 aromatic rings. The molecule has 141 heavy (non-hydrogen) atoms. The Morgan fingerprint density at radius 1 is 0.426 bits per heavy atom. The number of piperazine rings is 1. The van der Waals surface area contributed by atoms with Crippen LogP contribution in [0.15, 0.2) is 204 Å². The van der Waals surface area contributed by atoms with Gasteiger partial charge in [0, 0.05) is 108 Å². The number of likely N-dealkylation sites (N-methyl/N-ethyl adjacent to an activating group) is 1. The first-order chi connectivity index (χ1) is 66.3. The third-order valence-corrected chi connectivity index (χ3v) is 33.3. The van der Waals surface area contributed by atoms with Crippen LogP contribution in [0.2, 0.25) is 10.0 Å². The standard InChI is InChI=1S/C29H39ClN7O2P.C23H26F3N4O4PS.C22H27N4O4PS.C21H18ClF3N5O2P/c1-35-14-16-37(17-15-35)22-10-12-36(13-11-22)23-8-9-26(27(19-23)39-2)33-29-31-20-25(30)28(34-29)32-21-6-5-7-24(18-21)40(3,4)38;1-14(2)36(32,33)20-9-7-6-8-18(20)28-21-16(23(24,25)26)13-27-22(30-21)29-17-11-10-15(35(4,5)31)12-19(17)34-3;1-15(2)32(28,29)20-9-7-6-8-18(20)24-21-12-13-23-22(26-21)25-17-11-10-16(31(4,5)27)14-19(17)30-3;1-32-18-9-14(33(2,3)31)5-7-17(18)29-20-27-11-15(21(23,24)25)19(30-20)28-16-6-4-13(22)8-12(16)10-26/h5-9,18-20,22H,10-17H2,1-4H3,(H2,31,32,33,34);6-14H,1-5H3,(H2,27,28,29,30);6-15H,1-5H3,(H2,23,24,25,26);4-9,11H,1-3H3,(H2,27,28,29,30). The van der Waals surface area contributed by atoms with E-state index in [9.17, 15) is 66.7 Å². The molecule has 8 aromatic carbocycles. The summed E-state index contributed by atoms with van der Waals surface area (Å²) in [4.78, 5) is 40.7. The number of aromatic nitrogens is 8. The molecule has 4 aromatic heterocycles. The van der Waals surface area contributed by atoms with Gasteiger partial charge in [-0.3, -0.25) is 4.90 Å². The molecule has 46 heteroatoms. The monoisotopic (exact) mass is 2090 g/mol. The number of hydrogen-bond donors (Lipinski definition) is 8. The normalized spacial score (nSPS) is 13.6. The van der Waals surface area contributed by atoms with E-state index in [0.29, 0.717) is 103 Å². The molecule has 2 aliphatic heterocycles. The fraction of sp³-hybridized carbons (Fsp3) is 0.316. The Morgan fingerprint density at radius 2 is 0.823 bits per heavy atom. The Balaban J connectivity index is 0.000000180. The van der Waals surface area contributed by atoms with E-state index < -0.39 is 93.9 Å². The van der Waals surface area contributed by atoms with Gasteiger partial charge in [0.15, 0.2) is 25.5 Å². The Bertz CT molecular complexity index is 7010. The first-order valence-electron chi connectivity index (χ1n) is 43.8. The number of methoxy groups -OCH3 is 4. The molecule has 8 N–H and O–H groups in total. The molecule has 0 unspecified atom stereocenters. The van der Waals surface area contributed by atoms with E-state index in [4.69, 9.17) is 42.1 Å². The Kier molecular flexibility index (Phi) is 35.9. The third kappa shape index (κ3) is 29.1. The van der Waals surface area contributed by atoms with Crippen molar-refractivity contribution in [3.63, 3.8) is 0 Å². The molecule has 0 amide bonds. The molecule has 750 valence electrons. The summed E-state index contributed by atoms with van der Waals surface area (Å²) in [6.07, 6.45) is -2.85. The number of benzene rings is 8. The van der Waals surface area contributed by atoms with Crippen LogP contribution in [0.5, 0.6) is 23.0 Å². The van der Waals surface area contributed by atoms with E-state index in [1.54, 1.807) is 172 Å². The summed E-state index contributed by atoms with van der Waals surface area (Å²) in [5.74, 6) is 1.88. The van der Waals surface area contributed by atoms with E-state index in [1.165, 1.54) is 104 Å². The van der Waals surface area contributed by atoms with Gasteiger partial charge in [-0.15, -0.1) is 0 Å². The number of rotatable bonds is 30. The lowest BCUT2D eigenvalue weighted by Crippen LogP contribution is -2.52. The highest BCUT2D eigenvalue weighted by Gasteiger charge is 2.39. The Morgan fingerprint density at radius 3 is 1.26 bits per heavy atom. The van der Waals surface area contributed by atoms with Gasteiger partial charge in [0.1, 0.15) is 91.2 Å². The van der Waals surface area contributed by atoms with Crippen molar-refractivity contribution < 1.29 is 80.4 Å². The fourth-order valence-electron chi connectivity index (χ4n) is 14.3. The van der Waals surface area contributed by atoms with Gasteiger partial charge in [-0.2, -0.15) is 51.5 Å². The third-order valence-electron chi connectivity index (χ3n) is 22.3. The van der Waals surface area contributed by atoms with Crippen molar-refractivity contribution in [2.24, 2.45) is 0 Å². The zero-order valence-electron chi connectivity index (χ0n) is 80.3. The van der Waals surface area contributed by atoms with Crippen molar-refractivity contribution >= 4 is 191 Å². The highest BCUT2D eigenvalue weighted by molar-refractivity contribution is 7.92. The van der Waals surface area contributed by atoms with Crippen LogP contribution in [0.25, 0.3) is 0 Å². The van der Waals surface area contributed by atoms with Crippen LogP contribution >= 0.6 is 51.8 Å². The van der Waals surface area contributed by atoms with Crippen molar-refractivity contribution in [1.82, 2.24) is 49.7 Å². The molecule has 32 nitrogen and oxygen atoms in total. The lowest BCUT2D eigenvalue weighted by atomic mass is 10.0. The van der Waals surface area contributed by atoms with Crippen LogP contribution in [0.1, 0.15) is 57.2 Å². The number of alkyl halides is 6. The summed E-state index contributed by atoms with van der Waals surface area (Å²) in [6, 6.07) is 49.2. The van der Waals surface area contributed by atoms with Gasteiger partial charge in [-0.25, -0.2) is 36.8 Å². The minimum absolute atomic E-state index is 0.0459. The number of ether oxygens (including phenoxy) is 4. The summed E-state index contributed by atoms with van der Waals surface area (Å²) < 4.78 is 204. The second kappa shape index (κ2) is 46.3. The van der Waals surface area contributed by atoms with E-state index in [0.717, 1.165) is 54.3 Å². The number of nitrogens with one attached hydrogen (secondary N) is 8. The maximum Gasteiger partial charge on any atom is 0.421 e. The largest absolute Gasteiger partial charge is 0.495 e. The predicted molar refractivity (Wildman–Crippen MR) is 552 cm³/mol. The van der Waals surface area contributed by atoms with E-state index in [2.05, 4.69) is 116 Å². The maximum atomic E-state index is 13.7. The second-order valence-electron chi connectivity index (χ2n) is 34.6. The first-order valence-corrected chi connectivity index (χ1v) is 58.0. The van der Waals surface area contributed by atoms with Gasteiger partial charge in [-0.1, -0.05) is 59.6 Å². The lowest BCUT2D eigenvalue weighted by Gasteiger charge is -2.42. The predicted octanol–water partition coefficient (Wildman–Crippen LogP) is 20.7. The Hall–Kier alpha value is -12.1. The zero-order valence-corrected chi connectivity index (χ0v) is 87.0. The van der Waals surface area contributed by atoms with Crippen LogP contribution in [0.3, 0.4) is 0 Å². The molecule has 0 spiro atoms. The van der Waals surface area contributed by atoms with Crippen molar-refractivity contribution in [2.75, 3.05) is 176 Å². The van der Waals surface area contributed by atoms with Crippen LogP contribution in [0.4, 0.5) is 125 Å². The van der Waals surface area contributed by atoms with Crippen LogP contribution in [-0.2, 0) is 50.3 Å². The fourth-order valence-corrected chi connectivity index (χ4v) is 20.5. The van der Waals surface area contributed by atoms with E-state index in [-0.39, 0.29) is 43.6 Å². The van der Waals surface area contributed by atoms with Gasteiger partial charge >= 0.3 is 12.4 Å². The van der Waals surface area contributed by atoms with Gasteiger partial charge in [0.05, 0.1) is 100 Å². The quantitative estimate of drug-likeness (QED) is 0.0153. The number of piperidine rings is 1. The molecule has 2 aliphatic rings. The highest BCUT2D eigenvalue weighted by atomic mass is 35.5. The molecule has 0 radical (unpaired) electrons. The smallest absolute Gasteiger partial charge is 0.421 e. The molecule has 2 saturated heterocycles. The first kappa shape index (κ1) is 109. The second-order valence-corrected chi connectivity index (χ2v) is 53.3. The molecule has 14 rings (SSSR count). The van der Waals surface area contributed by atoms with E-state index >= 15 is 0 Å². The number of halogens is 8. The zero-order chi connectivity index (χ0) is 103. The van der Waals surface area contributed by atoms with Gasteiger partial charge < -0.3 is 89.5 Å². The van der Waals surface area contributed by atoms with E-state index in [1.807, 2.05) is 36.4 Å². The molecular weight excluding hydrogens is 1990 g/mol. The molecule has 6 heterocycles. The summed E-state index contributed by atoms with van der Waals surface area (Å²) in [5.41, 5.74) is 2.24. The topological polar surface area (TPSA) is 406 Å². The van der Waals surface area contributed by atoms with Crippen LogP contribution < -0.4 is 87.6 Å². The number of sulfone groups is 2. The van der Waals surface area contributed by atoms with Gasteiger partial charge in [-0.05, 0) is 228 Å². The molecular formula is C95H110Cl2F6N20O12P4S2. The average Bonchev–Trinajstić information content (AvgIpc) is 0.837. The Labute approximate surface area is 826 Å². The summed E-state index contributed by atoms with van der Waals surface area (Å²) >= 11 is 12.3. The number of anilines is 17. The average molecular weight is 2100 g/mol. The molecule has 0 saturated carbocycles. The highest BCUT2D eigenvalue weighted by Crippen LogP contribution is 2.46. The molecule has 2 fully saturated rings. The van der Waals surface area contributed by atoms with Crippen molar-refractivity contribution in [3.8, 4) is 29.1 Å². The number of nitriles is 1. The van der Waals surface area contributed by atoms with Crippen molar-refractivity contribution in [2.45, 2.75) is 79.2 Å². The number of para-hydroxylation sites is 2. The molecule has 0 bridgehead atoms. The van der Waals surface area contributed by atoms with Crippen LogP contribution in [0, 0.1) is 11.3 Å². The molecule has 0 aliphatic carbocycles. The minimum atomic E-state index is -4.81. The van der Waals surface area contributed by atoms with Crippen LogP contribution in [-0.4, -0.2) is 211 Å². The SMILES string of the molecule is COc1cc(N2CCC(N3CCN(C)CC3)CC2)ccc1Nc1ncc(Cl)c(Nc2cccc(P(C)(C)=O)c2)n1.COc1cc(P(C)(C)=O)ccc1Nc1ncc(C(F)(F)F)c(Nc2ccc(Cl)cc2C#N)n1.COc1cc(P(C)(C)=O)ccc1Nc1ncc(C(F)(F)F)c(Nc2ccccc2S(=O)(=O)C(C)C)n1.COc1cc(P(C)(C)=O)ccc1Nc1nccc(Nc2ccccc2S(=O)(=O)C(C)C)n1. The van der Waals surface area contributed by atoms with Crippen molar-refractivity contribution in [3.05, 3.63) is 221 Å². The van der Waals surface area contributed by atoms with Gasteiger partial charge in [0.2, 0.25) is 23.8 Å². The summed E-state index contributed by atoms with van der Waals surface area (Å²) in [5, 5.41) is 34.6. The minimum Gasteiger partial charge on any atom is -0.495 e. The lowest BCUT2D eigenvalue weighted by molar-refractivity contribution is -0.138. The maximum absolute atomic E-state index is 13.7.